The van der Waals surface area contributed by atoms with Crippen LogP contribution in [0.2, 0.25) is 10.0 Å². The third-order valence-corrected chi connectivity index (χ3v) is 2.94. The van der Waals surface area contributed by atoms with Gasteiger partial charge in [-0.25, -0.2) is 4.79 Å². The summed E-state index contributed by atoms with van der Waals surface area (Å²) in [6, 6.07) is 3.33. The number of thiocarbonyl (C=S) groups is 1. The standard InChI is InChI=1S/C13H14Cl2N2O2S/c1-13(2,3)19-12(18)16-6-8-4-5-9(14)11(10(8)15)17-7-20/h4-5H,6H2,1-3H3,(H,16,18). The van der Waals surface area contributed by atoms with E-state index in [0.717, 1.165) is 0 Å². The van der Waals surface area contributed by atoms with E-state index in [2.05, 4.69) is 27.7 Å². The summed E-state index contributed by atoms with van der Waals surface area (Å²) < 4.78 is 5.13. The van der Waals surface area contributed by atoms with Crippen LogP contribution < -0.4 is 5.32 Å². The fourth-order valence-electron chi connectivity index (χ4n) is 1.35. The molecule has 0 aromatic heterocycles. The lowest BCUT2D eigenvalue weighted by Crippen LogP contribution is -2.32. The van der Waals surface area contributed by atoms with E-state index in [1.807, 2.05) is 0 Å². The average molecular weight is 333 g/mol. The number of nitrogens with zero attached hydrogens (tertiary/aromatic N) is 1. The SMILES string of the molecule is CC(C)(C)OC(=O)NCc1ccc(Cl)c(N=C=S)c1Cl. The van der Waals surface area contributed by atoms with E-state index in [9.17, 15) is 4.79 Å². The van der Waals surface area contributed by atoms with Gasteiger partial charge in [0.1, 0.15) is 11.3 Å². The van der Waals surface area contributed by atoms with Crippen molar-refractivity contribution in [3.8, 4) is 0 Å². The van der Waals surface area contributed by atoms with Crippen molar-refractivity contribution < 1.29 is 9.53 Å². The van der Waals surface area contributed by atoms with E-state index in [0.29, 0.717) is 21.3 Å². The molecule has 108 valence electrons. The molecule has 0 saturated heterocycles. The number of isothiocyanates is 1. The molecule has 1 aromatic carbocycles. The van der Waals surface area contributed by atoms with Crippen LogP contribution in [0, 0.1) is 0 Å². The van der Waals surface area contributed by atoms with Gasteiger partial charge in [-0.15, -0.1) is 0 Å². The van der Waals surface area contributed by atoms with E-state index in [1.165, 1.54) is 0 Å². The van der Waals surface area contributed by atoms with Crippen LogP contribution in [0.15, 0.2) is 17.1 Å². The summed E-state index contributed by atoms with van der Waals surface area (Å²) in [6.45, 7) is 5.56. The molecular weight excluding hydrogens is 319 g/mol. The Labute approximate surface area is 133 Å². The number of carbonyl (C=O) groups excluding carboxylic acids is 1. The molecule has 0 radical (unpaired) electrons. The molecule has 0 aliphatic heterocycles. The molecule has 0 aliphatic carbocycles. The minimum atomic E-state index is -0.555. The fraction of sp³-hybridized carbons (Fsp3) is 0.385. The smallest absolute Gasteiger partial charge is 0.407 e. The number of carbonyl (C=O) groups is 1. The van der Waals surface area contributed by atoms with Crippen molar-refractivity contribution in [2.24, 2.45) is 4.99 Å². The number of aliphatic imine (C=N–C) groups is 1. The molecule has 0 spiro atoms. The van der Waals surface area contributed by atoms with Crippen molar-refractivity contribution in [3.63, 3.8) is 0 Å². The number of benzene rings is 1. The Balaban J connectivity index is 2.82. The third kappa shape index (κ3) is 5.10. The van der Waals surface area contributed by atoms with Crippen LogP contribution >= 0.6 is 35.4 Å². The topological polar surface area (TPSA) is 50.7 Å². The van der Waals surface area contributed by atoms with Crippen molar-refractivity contribution in [1.29, 1.82) is 0 Å². The van der Waals surface area contributed by atoms with Crippen molar-refractivity contribution in [2.45, 2.75) is 32.9 Å². The molecule has 1 N–H and O–H groups in total. The van der Waals surface area contributed by atoms with Gasteiger partial charge >= 0.3 is 6.09 Å². The van der Waals surface area contributed by atoms with Gasteiger partial charge < -0.3 is 10.1 Å². The zero-order valence-electron chi connectivity index (χ0n) is 11.3. The molecule has 7 heteroatoms. The number of ether oxygens (including phenoxy) is 1. The molecule has 0 fully saturated rings. The zero-order chi connectivity index (χ0) is 15.3. The summed E-state index contributed by atoms with van der Waals surface area (Å²) in [4.78, 5) is 15.4. The number of alkyl carbamates (subject to hydrolysis) is 1. The van der Waals surface area contributed by atoms with Gasteiger partial charge in [-0.05, 0) is 44.6 Å². The lowest BCUT2D eigenvalue weighted by atomic mass is 10.2. The molecule has 0 saturated carbocycles. The Morgan fingerprint density at radius 1 is 1.45 bits per heavy atom. The second kappa shape index (κ2) is 7.04. The van der Waals surface area contributed by atoms with Crippen LogP contribution in [-0.4, -0.2) is 16.9 Å². The number of nitrogens with one attached hydrogen (secondary N) is 1. The Bertz CT molecular complexity index is 564. The maximum absolute atomic E-state index is 11.6. The molecule has 1 amide bonds. The Morgan fingerprint density at radius 2 is 2.10 bits per heavy atom. The second-order valence-corrected chi connectivity index (χ2v) is 5.90. The Kier molecular flexibility index (Phi) is 5.96. The molecule has 4 nitrogen and oxygen atoms in total. The first-order valence-corrected chi connectivity index (χ1v) is 6.92. The largest absolute Gasteiger partial charge is 0.444 e. The first kappa shape index (κ1) is 16.9. The van der Waals surface area contributed by atoms with E-state index in [1.54, 1.807) is 32.9 Å². The van der Waals surface area contributed by atoms with E-state index >= 15 is 0 Å². The van der Waals surface area contributed by atoms with Gasteiger partial charge in [0, 0.05) is 6.54 Å². The van der Waals surface area contributed by atoms with Crippen molar-refractivity contribution in [1.82, 2.24) is 5.32 Å². The molecule has 0 aliphatic rings. The number of hydrogen-bond donors (Lipinski definition) is 1. The number of hydrogen-bond acceptors (Lipinski definition) is 4. The Morgan fingerprint density at radius 3 is 2.65 bits per heavy atom. The second-order valence-electron chi connectivity index (χ2n) is 4.93. The van der Waals surface area contributed by atoms with Gasteiger partial charge in [0.2, 0.25) is 0 Å². The number of amides is 1. The first-order chi connectivity index (χ1) is 9.24. The molecule has 0 bridgehead atoms. The van der Waals surface area contributed by atoms with E-state index < -0.39 is 11.7 Å². The van der Waals surface area contributed by atoms with Crippen LogP contribution in [-0.2, 0) is 11.3 Å². The van der Waals surface area contributed by atoms with Gasteiger partial charge in [-0.2, -0.15) is 4.99 Å². The summed E-state index contributed by atoms with van der Waals surface area (Å²) in [7, 11) is 0. The monoisotopic (exact) mass is 332 g/mol. The minimum Gasteiger partial charge on any atom is -0.444 e. The number of rotatable bonds is 3. The summed E-state index contributed by atoms with van der Waals surface area (Å²) >= 11 is 16.6. The molecule has 0 unspecified atom stereocenters. The number of halogens is 2. The highest BCUT2D eigenvalue weighted by Crippen LogP contribution is 2.35. The van der Waals surface area contributed by atoms with Crippen molar-refractivity contribution in [3.05, 3.63) is 27.7 Å². The highest BCUT2D eigenvalue weighted by molar-refractivity contribution is 7.78. The highest BCUT2D eigenvalue weighted by atomic mass is 35.5. The normalized spacial score (nSPS) is 10.7. The maximum Gasteiger partial charge on any atom is 0.407 e. The van der Waals surface area contributed by atoms with Crippen LogP contribution in [0.3, 0.4) is 0 Å². The van der Waals surface area contributed by atoms with Crippen LogP contribution in [0.25, 0.3) is 0 Å². The van der Waals surface area contributed by atoms with Crippen LogP contribution in [0.4, 0.5) is 10.5 Å². The van der Waals surface area contributed by atoms with Crippen LogP contribution in [0.5, 0.6) is 0 Å². The molecule has 20 heavy (non-hydrogen) atoms. The van der Waals surface area contributed by atoms with Gasteiger partial charge in [0.05, 0.1) is 15.2 Å². The lowest BCUT2D eigenvalue weighted by Gasteiger charge is -2.19. The van der Waals surface area contributed by atoms with Crippen molar-refractivity contribution >= 4 is 52.4 Å². The summed E-state index contributed by atoms with van der Waals surface area (Å²) in [5, 5.41) is 5.52. The molecule has 1 rings (SSSR count). The van der Waals surface area contributed by atoms with E-state index in [-0.39, 0.29) is 6.54 Å². The summed E-state index contributed by atoms with van der Waals surface area (Å²) in [5.74, 6) is 0. The van der Waals surface area contributed by atoms with Gasteiger partial charge in [0.15, 0.2) is 0 Å². The fourth-order valence-corrected chi connectivity index (χ4v) is 1.96. The minimum absolute atomic E-state index is 0.199. The van der Waals surface area contributed by atoms with Gasteiger partial charge in [0.25, 0.3) is 0 Å². The highest BCUT2D eigenvalue weighted by Gasteiger charge is 2.17. The van der Waals surface area contributed by atoms with Crippen molar-refractivity contribution in [2.75, 3.05) is 0 Å². The summed E-state index contributed by atoms with van der Waals surface area (Å²) in [5.41, 5.74) is 0.443. The predicted molar refractivity (Wildman–Crippen MR) is 84.2 cm³/mol. The van der Waals surface area contributed by atoms with Crippen LogP contribution in [0.1, 0.15) is 26.3 Å². The first-order valence-electron chi connectivity index (χ1n) is 5.76. The quantitative estimate of drug-likeness (QED) is 0.641. The Hall–Kier alpha value is -1.13. The zero-order valence-corrected chi connectivity index (χ0v) is 13.6. The van der Waals surface area contributed by atoms with E-state index in [4.69, 9.17) is 27.9 Å². The maximum atomic E-state index is 11.6. The third-order valence-electron chi connectivity index (χ3n) is 2.13. The molecule has 1 aromatic rings. The van der Waals surface area contributed by atoms with Gasteiger partial charge in [-0.1, -0.05) is 29.3 Å². The average Bonchev–Trinajstić information content (AvgIpc) is 2.31. The summed E-state index contributed by atoms with van der Waals surface area (Å²) in [6.07, 6.45) is -0.525. The molecule has 0 atom stereocenters. The van der Waals surface area contributed by atoms with Gasteiger partial charge in [-0.3, -0.25) is 0 Å². The predicted octanol–water partition coefficient (Wildman–Crippen LogP) is 4.75. The molecule has 0 heterocycles. The lowest BCUT2D eigenvalue weighted by molar-refractivity contribution is 0.0523. The molecular formula is C13H14Cl2N2O2S.